The van der Waals surface area contributed by atoms with Crippen molar-refractivity contribution in [3.8, 4) is 5.75 Å². The molecule has 0 radical (unpaired) electrons. The van der Waals surface area contributed by atoms with Gasteiger partial charge in [-0.25, -0.2) is 0 Å². The van der Waals surface area contributed by atoms with Gasteiger partial charge in [-0.2, -0.15) is 0 Å². The molecule has 1 fully saturated rings. The van der Waals surface area contributed by atoms with Gasteiger partial charge in [0, 0.05) is 24.4 Å². The first-order valence-electron chi connectivity index (χ1n) is 11.0. The molecule has 0 atom stereocenters. The number of nitrogens with one attached hydrogen (secondary N) is 3. The second-order valence-corrected chi connectivity index (χ2v) is 9.57. The third kappa shape index (κ3) is 7.66. The van der Waals surface area contributed by atoms with Crippen LogP contribution in [0.4, 0.5) is 5.69 Å². The topological polar surface area (TPSA) is 88.7 Å². The summed E-state index contributed by atoms with van der Waals surface area (Å²) in [6.45, 7) is 0.861. The van der Waals surface area contributed by atoms with Crippen LogP contribution in [0.3, 0.4) is 0 Å². The Morgan fingerprint density at radius 1 is 1.09 bits per heavy atom. The van der Waals surface area contributed by atoms with E-state index in [1.54, 1.807) is 43.5 Å². The maximum atomic E-state index is 12.7. The summed E-state index contributed by atoms with van der Waals surface area (Å²) < 4.78 is 11.2. The van der Waals surface area contributed by atoms with Crippen molar-refractivity contribution < 1.29 is 19.1 Å². The number of amides is 2. The van der Waals surface area contributed by atoms with Gasteiger partial charge in [-0.15, -0.1) is 0 Å². The lowest BCUT2D eigenvalue weighted by Gasteiger charge is -2.23. The molecule has 1 aliphatic rings. The van der Waals surface area contributed by atoms with E-state index in [0.717, 1.165) is 25.7 Å². The van der Waals surface area contributed by atoms with Crippen molar-refractivity contribution in [1.29, 1.82) is 0 Å². The molecule has 0 heterocycles. The first-order valence-corrected chi connectivity index (χ1v) is 12.6. The van der Waals surface area contributed by atoms with Crippen molar-refractivity contribution in [2.45, 2.75) is 38.1 Å². The monoisotopic (exact) mass is 567 g/mol. The first kappa shape index (κ1) is 26.4. The molecule has 0 spiro atoms. The molecule has 2 amide bonds. The van der Waals surface area contributed by atoms with Crippen molar-refractivity contribution in [2.75, 3.05) is 25.6 Å². The van der Waals surface area contributed by atoms with Crippen molar-refractivity contribution in [2.24, 2.45) is 0 Å². The zero-order valence-electron chi connectivity index (χ0n) is 18.8. The number of carbonyl (C=O) groups excluding carboxylic acids is 2. The average molecular weight is 569 g/mol. The van der Waals surface area contributed by atoms with E-state index in [1.165, 1.54) is 6.42 Å². The third-order valence-corrected chi connectivity index (χ3v) is 6.53. The lowest BCUT2D eigenvalue weighted by atomic mass is 9.95. The number of ether oxygens (including phenoxy) is 2. The fraction of sp³-hybridized carbons (Fsp3) is 0.375. The summed E-state index contributed by atoms with van der Waals surface area (Å²) in [6, 6.07) is 10.1. The molecule has 1 aliphatic carbocycles. The largest absolute Gasteiger partial charge is 0.490 e. The van der Waals surface area contributed by atoms with Gasteiger partial charge in [-0.3, -0.25) is 14.9 Å². The predicted octanol–water partition coefficient (Wildman–Crippen LogP) is 5.32. The number of halogens is 2. The number of methoxy groups -OCH3 is 1. The summed E-state index contributed by atoms with van der Waals surface area (Å²) in [6.07, 6.45) is 5.41. The van der Waals surface area contributed by atoms with E-state index < -0.39 is 0 Å². The van der Waals surface area contributed by atoms with Gasteiger partial charge in [0.25, 0.3) is 11.8 Å². The smallest absolute Gasteiger partial charge is 0.257 e. The highest BCUT2D eigenvalue weighted by Crippen LogP contribution is 2.26. The van der Waals surface area contributed by atoms with Crippen LogP contribution in [0.5, 0.6) is 5.75 Å². The molecular formula is C24H27BrClN3O4S. The Balaban J connectivity index is 1.59. The van der Waals surface area contributed by atoms with Gasteiger partial charge >= 0.3 is 0 Å². The van der Waals surface area contributed by atoms with Crippen LogP contribution >= 0.6 is 39.7 Å². The van der Waals surface area contributed by atoms with Gasteiger partial charge in [0.15, 0.2) is 5.11 Å². The Bertz CT molecular complexity index is 1050. The number of hydrogen-bond donors (Lipinski definition) is 3. The second kappa shape index (κ2) is 13.0. The fourth-order valence-corrected chi connectivity index (χ4v) is 4.53. The first-order chi connectivity index (χ1) is 16.4. The highest BCUT2D eigenvalue weighted by molar-refractivity contribution is 9.10. The molecule has 182 valence electrons. The maximum absolute atomic E-state index is 12.7. The van der Waals surface area contributed by atoms with Crippen molar-refractivity contribution in [3.63, 3.8) is 0 Å². The van der Waals surface area contributed by atoms with E-state index in [0.29, 0.717) is 45.3 Å². The van der Waals surface area contributed by atoms with Gasteiger partial charge < -0.3 is 20.1 Å². The SMILES string of the molecule is COCCOc1ccc(C(=O)NC(=S)Nc2ccc(Cl)c(C(=O)NC3CCCCC3)c2)cc1Br. The fourth-order valence-electron chi connectivity index (χ4n) is 3.62. The van der Waals surface area contributed by atoms with Gasteiger partial charge in [-0.05, 0) is 77.4 Å². The molecule has 0 unspecified atom stereocenters. The van der Waals surface area contributed by atoms with Crippen LogP contribution < -0.4 is 20.7 Å². The zero-order valence-corrected chi connectivity index (χ0v) is 21.9. The molecule has 0 bridgehead atoms. The van der Waals surface area contributed by atoms with E-state index in [4.69, 9.17) is 33.3 Å². The molecule has 34 heavy (non-hydrogen) atoms. The molecule has 0 saturated heterocycles. The summed E-state index contributed by atoms with van der Waals surface area (Å²) >= 11 is 15.0. The van der Waals surface area contributed by atoms with Crippen LogP contribution in [-0.4, -0.2) is 43.3 Å². The maximum Gasteiger partial charge on any atom is 0.257 e. The molecule has 10 heteroatoms. The number of thiocarbonyl (C=S) groups is 1. The summed E-state index contributed by atoms with van der Waals surface area (Å²) in [7, 11) is 1.60. The Kier molecular flexibility index (Phi) is 10.1. The Labute approximate surface area is 218 Å². The Morgan fingerprint density at radius 3 is 2.56 bits per heavy atom. The van der Waals surface area contributed by atoms with Crippen LogP contribution in [-0.2, 0) is 4.74 Å². The normalized spacial score (nSPS) is 13.7. The van der Waals surface area contributed by atoms with Crippen LogP contribution in [0.25, 0.3) is 0 Å². The van der Waals surface area contributed by atoms with Gasteiger partial charge in [0.05, 0.1) is 21.7 Å². The number of anilines is 1. The molecule has 3 rings (SSSR count). The Hall–Kier alpha value is -2.20. The minimum Gasteiger partial charge on any atom is -0.490 e. The number of hydrogen-bond acceptors (Lipinski definition) is 5. The van der Waals surface area contributed by atoms with Crippen molar-refractivity contribution >= 4 is 62.4 Å². The molecule has 0 aliphatic heterocycles. The average Bonchev–Trinajstić information content (AvgIpc) is 2.82. The summed E-state index contributed by atoms with van der Waals surface area (Å²) in [4.78, 5) is 25.3. The molecule has 2 aromatic carbocycles. The van der Waals surface area contributed by atoms with Gasteiger partial charge in [0.2, 0.25) is 0 Å². The molecule has 7 nitrogen and oxygen atoms in total. The number of rotatable bonds is 8. The van der Waals surface area contributed by atoms with Gasteiger partial charge in [0.1, 0.15) is 12.4 Å². The second-order valence-electron chi connectivity index (χ2n) is 7.90. The highest BCUT2D eigenvalue weighted by atomic mass is 79.9. The lowest BCUT2D eigenvalue weighted by Crippen LogP contribution is -2.36. The number of benzene rings is 2. The molecule has 3 N–H and O–H groups in total. The predicted molar refractivity (Wildman–Crippen MR) is 141 cm³/mol. The zero-order chi connectivity index (χ0) is 24.5. The summed E-state index contributed by atoms with van der Waals surface area (Å²) in [5.74, 6) is 0.00790. The van der Waals surface area contributed by atoms with E-state index in [9.17, 15) is 9.59 Å². The summed E-state index contributed by atoms with van der Waals surface area (Å²) in [5, 5.41) is 9.09. The lowest BCUT2D eigenvalue weighted by molar-refractivity contribution is 0.0926. The molecule has 0 aromatic heterocycles. The minimum atomic E-state index is -0.383. The van der Waals surface area contributed by atoms with Crippen molar-refractivity contribution in [3.05, 3.63) is 57.0 Å². The number of carbonyl (C=O) groups is 2. The Morgan fingerprint density at radius 2 is 1.85 bits per heavy atom. The highest BCUT2D eigenvalue weighted by Gasteiger charge is 2.19. The van der Waals surface area contributed by atoms with E-state index in [-0.39, 0.29) is 23.0 Å². The molecule has 2 aromatic rings. The van der Waals surface area contributed by atoms with E-state index in [2.05, 4.69) is 31.9 Å². The summed E-state index contributed by atoms with van der Waals surface area (Å²) in [5.41, 5.74) is 1.31. The van der Waals surface area contributed by atoms with Crippen LogP contribution in [0.1, 0.15) is 52.8 Å². The van der Waals surface area contributed by atoms with Crippen molar-refractivity contribution in [1.82, 2.24) is 10.6 Å². The van der Waals surface area contributed by atoms with Crippen LogP contribution in [0, 0.1) is 0 Å². The quantitative estimate of drug-likeness (QED) is 0.295. The van der Waals surface area contributed by atoms with E-state index in [1.807, 2.05) is 0 Å². The molecular weight excluding hydrogens is 542 g/mol. The minimum absolute atomic E-state index is 0.0995. The van der Waals surface area contributed by atoms with Crippen LogP contribution in [0.15, 0.2) is 40.9 Å². The molecule has 1 saturated carbocycles. The van der Waals surface area contributed by atoms with Gasteiger partial charge in [-0.1, -0.05) is 30.9 Å². The standard InChI is InChI=1S/C24H27BrClN3O4S/c1-32-11-12-33-21-10-7-15(13-19(21)25)22(30)29-24(34)28-17-8-9-20(26)18(14-17)23(31)27-16-5-3-2-4-6-16/h7-10,13-14,16H,2-6,11-12H2,1H3,(H,27,31)(H2,28,29,30,34). The van der Waals surface area contributed by atoms with E-state index >= 15 is 0 Å². The van der Waals surface area contributed by atoms with Crippen LogP contribution in [0.2, 0.25) is 5.02 Å². The third-order valence-electron chi connectivity index (χ3n) is 5.38.